The van der Waals surface area contributed by atoms with Crippen LogP contribution < -0.4 is 11.1 Å². The van der Waals surface area contributed by atoms with Crippen LogP contribution in [0.15, 0.2) is 22.8 Å². The molecule has 4 heteroatoms. The molecule has 0 radical (unpaired) electrons. The van der Waals surface area contributed by atoms with Gasteiger partial charge in [-0.05, 0) is 37.8 Å². The number of carbonyl (C=O) groups excluding carboxylic acids is 1. The van der Waals surface area contributed by atoms with Gasteiger partial charge < -0.3 is 15.5 Å². The van der Waals surface area contributed by atoms with Crippen molar-refractivity contribution in [3.8, 4) is 0 Å². The molecule has 0 bridgehead atoms. The Morgan fingerprint density at radius 1 is 1.65 bits per heavy atom. The average Bonchev–Trinajstić information content (AvgIpc) is 2.99. The summed E-state index contributed by atoms with van der Waals surface area (Å²) < 4.78 is 5.24. The van der Waals surface area contributed by atoms with Gasteiger partial charge in [-0.3, -0.25) is 4.79 Å². The van der Waals surface area contributed by atoms with Gasteiger partial charge in [-0.2, -0.15) is 0 Å². The highest BCUT2D eigenvalue weighted by molar-refractivity contribution is 5.76. The second-order valence-electron chi connectivity index (χ2n) is 4.96. The van der Waals surface area contributed by atoms with Crippen molar-refractivity contribution in [2.75, 3.05) is 0 Å². The monoisotopic (exact) mass is 236 g/mol. The van der Waals surface area contributed by atoms with Crippen molar-refractivity contribution in [3.05, 3.63) is 24.2 Å². The summed E-state index contributed by atoms with van der Waals surface area (Å²) in [5.74, 6) is 1.51. The van der Waals surface area contributed by atoms with E-state index in [1.807, 2.05) is 19.1 Å². The van der Waals surface area contributed by atoms with E-state index in [0.29, 0.717) is 12.3 Å². The summed E-state index contributed by atoms with van der Waals surface area (Å²) in [4.78, 5) is 11.7. The van der Waals surface area contributed by atoms with Gasteiger partial charge in [0.1, 0.15) is 5.76 Å². The summed E-state index contributed by atoms with van der Waals surface area (Å²) in [7, 11) is 0. The minimum absolute atomic E-state index is 0.0332. The normalized spacial score (nSPS) is 18.7. The second kappa shape index (κ2) is 5.36. The van der Waals surface area contributed by atoms with E-state index in [-0.39, 0.29) is 18.0 Å². The third kappa shape index (κ3) is 3.89. The molecule has 94 valence electrons. The molecule has 1 aliphatic carbocycles. The highest BCUT2D eigenvalue weighted by Crippen LogP contribution is 2.32. The molecular weight excluding hydrogens is 216 g/mol. The summed E-state index contributed by atoms with van der Waals surface area (Å²) in [6.07, 6.45) is 5.16. The number of amides is 1. The maximum Gasteiger partial charge on any atom is 0.221 e. The Labute approximate surface area is 102 Å². The molecule has 1 aliphatic rings. The zero-order chi connectivity index (χ0) is 12.3. The number of rotatable bonds is 6. The SMILES string of the molecule is CC(Cc1ccco1)NC(=O)CC(N)C1CC1. The Morgan fingerprint density at radius 2 is 2.41 bits per heavy atom. The lowest BCUT2D eigenvalue weighted by molar-refractivity contribution is -0.122. The van der Waals surface area contributed by atoms with E-state index in [1.54, 1.807) is 6.26 Å². The van der Waals surface area contributed by atoms with Gasteiger partial charge in [0.15, 0.2) is 0 Å². The van der Waals surface area contributed by atoms with Crippen LogP contribution in [0, 0.1) is 5.92 Å². The second-order valence-corrected chi connectivity index (χ2v) is 4.96. The molecule has 1 aromatic rings. The van der Waals surface area contributed by atoms with E-state index in [9.17, 15) is 4.79 Å². The predicted molar refractivity (Wildman–Crippen MR) is 65.3 cm³/mol. The quantitative estimate of drug-likeness (QED) is 0.785. The third-order valence-electron chi connectivity index (χ3n) is 3.14. The summed E-state index contributed by atoms with van der Waals surface area (Å²) in [6.45, 7) is 1.98. The predicted octanol–water partition coefficient (Wildman–Crippen LogP) is 1.45. The fourth-order valence-corrected chi connectivity index (χ4v) is 2.02. The van der Waals surface area contributed by atoms with Crippen LogP contribution in [0.4, 0.5) is 0 Å². The smallest absolute Gasteiger partial charge is 0.221 e. The van der Waals surface area contributed by atoms with Crippen LogP contribution in [-0.2, 0) is 11.2 Å². The van der Waals surface area contributed by atoms with Crippen LogP contribution in [0.2, 0.25) is 0 Å². The van der Waals surface area contributed by atoms with Crippen LogP contribution in [0.25, 0.3) is 0 Å². The molecule has 2 atom stereocenters. The third-order valence-corrected chi connectivity index (χ3v) is 3.14. The highest BCUT2D eigenvalue weighted by Gasteiger charge is 2.29. The van der Waals surface area contributed by atoms with Crippen molar-refractivity contribution in [1.29, 1.82) is 0 Å². The standard InChI is InChI=1S/C13H20N2O2/c1-9(7-11-3-2-6-17-11)15-13(16)8-12(14)10-4-5-10/h2-3,6,9-10,12H,4-5,7-8,14H2,1H3,(H,15,16). The van der Waals surface area contributed by atoms with E-state index in [4.69, 9.17) is 10.2 Å². The zero-order valence-corrected chi connectivity index (χ0v) is 10.2. The Bertz CT molecular complexity index is 358. The maximum atomic E-state index is 11.7. The lowest BCUT2D eigenvalue weighted by Gasteiger charge is -2.15. The topological polar surface area (TPSA) is 68.3 Å². The number of hydrogen-bond donors (Lipinski definition) is 2. The van der Waals surface area contributed by atoms with Gasteiger partial charge in [-0.1, -0.05) is 0 Å². The first-order chi connectivity index (χ1) is 8.15. The van der Waals surface area contributed by atoms with Crippen molar-refractivity contribution in [2.45, 2.75) is 44.7 Å². The number of nitrogens with one attached hydrogen (secondary N) is 1. The van der Waals surface area contributed by atoms with Crippen molar-refractivity contribution < 1.29 is 9.21 Å². The van der Waals surface area contributed by atoms with Crippen molar-refractivity contribution in [2.24, 2.45) is 11.7 Å². The molecule has 2 rings (SSSR count). The molecule has 1 heterocycles. The minimum Gasteiger partial charge on any atom is -0.469 e. The highest BCUT2D eigenvalue weighted by atomic mass is 16.3. The van der Waals surface area contributed by atoms with E-state index in [2.05, 4.69) is 5.32 Å². The first-order valence-corrected chi connectivity index (χ1v) is 6.22. The van der Waals surface area contributed by atoms with Gasteiger partial charge in [0, 0.05) is 24.9 Å². The Morgan fingerprint density at radius 3 is 3.00 bits per heavy atom. The Hall–Kier alpha value is -1.29. The van der Waals surface area contributed by atoms with Crippen molar-refractivity contribution in [3.63, 3.8) is 0 Å². The molecule has 1 fully saturated rings. The van der Waals surface area contributed by atoms with Gasteiger partial charge in [-0.25, -0.2) is 0 Å². The number of carbonyl (C=O) groups is 1. The molecule has 2 unspecified atom stereocenters. The summed E-state index contributed by atoms with van der Waals surface area (Å²) >= 11 is 0. The largest absolute Gasteiger partial charge is 0.469 e. The first kappa shape index (κ1) is 12.2. The van der Waals surface area contributed by atoms with E-state index in [0.717, 1.165) is 12.2 Å². The molecule has 1 amide bonds. The fraction of sp³-hybridized carbons (Fsp3) is 0.615. The lowest BCUT2D eigenvalue weighted by atomic mass is 10.1. The zero-order valence-electron chi connectivity index (χ0n) is 10.2. The minimum atomic E-state index is 0.0332. The van der Waals surface area contributed by atoms with Crippen LogP contribution >= 0.6 is 0 Å². The fourth-order valence-electron chi connectivity index (χ4n) is 2.02. The molecule has 0 spiro atoms. The van der Waals surface area contributed by atoms with Gasteiger partial charge in [-0.15, -0.1) is 0 Å². The van der Waals surface area contributed by atoms with Crippen LogP contribution in [-0.4, -0.2) is 18.0 Å². The summed E-state index contributed by atoms with van der Waals surface area (Å²) in [6, 6.07) is 3.89. The average molecular weight is 236 g/mol. The molecule has 1 aromatic heterocycles. The molecule has 0 aliphatic heterocycles. The van der Waals surface area contributed by atoms with Crippen LogP contribution in [0.3, 0.4) is 0 Å². The van der Waals surface area contributed by atoms with Gasteiger partial charge in [0.05, 0.1) is 6.26 Å². The van der Waals surface area contributed by atoms with Gasteiger partial charge >= 0.3 is 0 Å². The van der Waals surface area contributed by atoms with Crippen LogP contribution in [0.1, 0.15) is 31.9 Å². The number of hydrogen-bond acceptors (Lipinski definition) is 3. The van der Waals surface area contributed by atoms with Gasteiger partial charge in [0.25, 0.3) is 0 Å². The number of nitrogens with two attached hydrogens (primary N) is 1. The van der Waals surface area contributed by atoms with E-state index < -0.39 is 0 Å². The molecule has 1 saturated carbocycles. The van der Waals surface area contributed by atoms with E-state index >= 15 is 0 Å². The van der Waals surface area contributed by atoms with Crippen LogP contribution in [0.5, 0.6) is 0 Å². The number of furan rings is 1. The molecular formula is C13H20N2O2. The molecule has 17 heavy (non-hydrogen) atoms. The van der Waals surface area contributed by atoms with Gasteiger partial charge in [0.2, 0.25) is 5.91 Å². The Kier molecular flexibility index (Phi) is 3.84. The van der Waals surface area contributed by atoms with Crippen molar-refractivity contribution in [1.82, 2.24) is 5.32 Å². The molecule has 0 aromatic carbocycles. The first-order valence-electron chi connectivity index (χ1n) is 6.22. The summed E-state index contributed by atoms with van der Waals surface area (Å²) in [5.41, 5.74) is 5.91. The molecule has 3 N–H and O–H groups in total. The maximum absolute atomic E-state index is 11.7. The Balaban J connectivity index is 1.70. The lowest BCUT2D eigenvalue weighted by Crippen LogP contribution is -2.38. The molecule has 0 saturated heterocycles. The van der Waals surface area contributed by atoms with Crippen molar-refractivity contribution >= 4 is 5.91 Å². The van der Waals surface area contributed by atoms with E-state index in [1.165, 1.54) is 12.8 Å². The molecule has 4 nitrogen and oxygen atoms in total. The summed E-state index contributed by atoms with van der Waals surface area (Å²) in [5, 5.41) is 2.95.